The Morgan fingerprint density at radius 1 is 0.556 bits per heavy atom. The van der Waals surface area contributed by atoms with E-state index in [-0.39, 0.29) is 57.2 Å². The lowest BCUT2D eigenvalue weighted by Crippen LogP contribution is -2.46. The molecule has 0 aromatic heterocycles. The van der Waals surface area contributed by atoms with Gasteiger partial charge in [0.25, 0.3) is 23.6 Å². The fourth-order valence-electron chi connectivity index (χ4n) is 6.19. The lowest BCUT2D eigenvalue weighted by atomic mass is 9.81. The fourth-order valence-corrected chi connectivity index (χ4v) is 6.19. The summed E-state index contributed by atoms with van der Waals surface area (Å²) in [4.78, 5) is 86.0. The zero-order valence-corrected chi connectivity index (χ0v) is 30.7. The van der Waals surface area contributed by atoms with Gasteiger partial charge in [0.1, 0.15) is 11.5 Å². The van der Waals surface area contributed by atoms with Crippen molar-refractivity contribution >= 4 is 46.3 Å². The number of ether oxygens (including phenoxy) is 2. The molecule has 4 aromatic carbocycles. The van der Waals surface area contributed by atoms with E-state index in [2.05, 4.69) is 23.7 Å². The van der Waals surface area contributed by atoms with Gasteiger partial charge in [-0.3, -0.25) is 38.6 Å². The zero-order chi connectivity index (χ0) is 38.8. The minimum absolute atomic E-state index is 0.0749. The van der Waals surface area contributed by atoms with Crippen molar-refractivity contribution in [3.63, 3.8) is 0 Å². The van der Waals surface area contributed by atoms with Crippen LogP contribution in [0.3, 0.4) is 0 Å². The van der Waals surface area contributed by atoms with Crippen LogP contribution in [-0.4, -0.2) is 110 Å². The predicted octanol–water partition coefficient (Wildman–Crippen LogP) is 3.81. The van der Waals surface area contributed by atoms with Gasteiger partial charge in [-0.1, -0.05) is 23.7 Å². The summed E-state index contributed by atoms with van der Waals surface area (Å²) in [6, 6.07) is 16.0. The second-order valence-corrected chi connectivity index (χ2v) is 13.3. The van der Waals surface area contributed by atoms with Crippen LogP contribution in [0.5, 0.6) is 11.5 Å². The predicted molar refractivity (Wildman–Crippen MR) is 199 cm³/mol. The molecule has 4 amide bonds. The van der Waals surface area contributed by atoms with Gasteiger partial charge in [-0.25, -0.2) is 0 Å². The molecule has 0 fully saturated rings. The Balaban J connectivity index is 1.60. The van der Waals surface area contributed by atoms with E-state index in [1.807, 2.05) is 38.0 Å². The maximum atomic E-state index is 14.4. The van der Waals surface area contributed by atoms with Gasteiger partial charge in [0.15, 0.2) is 0 Å². The first-order chi connectivity index (χ1) is 25.7. The molecule has 0 unspecified atom stereocenters. The topological polar surface area (TPSA) is 134 Å². The summed E-state index contributed by atoms with van der Waals surface area (Å²) in [6.07, 6.45) is 0. The Morgan fingerprint density at radius 2 is 0.907 bits per heavy atom. The number of carbonyl (C=O) groups is 6. The maximum Gasteiger partial charge on any atom is 0.308 e. The third-order valence-corrected chi connectivity index (χ3v) is 8.73. The van der Waals surface area contributed by atoms with E-state index in [1.165, 1.54) is 26.0 Å². The van der Waals surface area contributed by atoms with Crippen LogP contribution in [0.1, 0.15) is 77.5 Å². The number of benzene rings is 4. The van der Waals surface area contributed by atoms with Crippen molar-refractivity contribution in [2.45, 2.75) is 13.8 Å². The molecule has 6 rings (SSSR count). The van der Waals surface area contributed by atoms with Crippen LogP contribution < -0.4 is 9.47 Å². The van der Waals surface area contributed by atoms with Gasteiger partial charge >= 0.3 is 11.9 Å². The lowest BCUT2D eigenvalue weighted by Gasteiger charge is -2.33. The largest absolute Gasteiger partial charge is 0.427 e. The van der Waals surface area contributed by atoms with Gasteiger partial charge in [0.05, 0.1) is 11.1 Å². The van der Waals surface area contributed by atoms with Crippen LogP contribution in [0, 0.1) is 23.7 Å². The first-order valence-corrected chi connectivity index (χ1v) is 17.0. The molecule has 0 atom stereocenters. The second-order valence-electron chi connectivity index (χ2n) is 13.3. The average Bonchev–Trinajstić information content (AvgIpc) is 3.11. The molecule has 0 aliphatic carbocycles. The highest BCUT2D eigenvalue weighted by Crippen LogP contribution is 2.41. The summed E-state index contributed by atoms with van der Waals surface area (Å²) in [6.45, 7) is 3.52. The van der Waals surface area contributed by atoms with Crippen LogP contribution in [-0.2, 0) is 9.59 Å². The molecule has 0 saturated carbocycles. The van der Waals surface area contributed by atoms with Gasteiger partial charge in [0, 0.05) is 84.2 Å². The van der Waals surface area contributed by atoms with E-state index in [9.17, 15) is 28.8 Å². The molecular weight excluding hydrogens is 688 g/mol. The Labute approximate surface area is 312 Å². The van der Waals surface area contributed by atoms with Gasteiger partial charge in [-0.2, -0.15) is 0 Å². The quantitative estimate of drug-likeness (QED) is 0.114. The van der Waals surface area contributed by atoms with Crippen molar-refractivity contribution in [3.8, 4) is 35.2 Å². The summed E-state index contributed by atoms with van der Waals surface area (Å²) >= 11 is 0. The molecular formula is C42H36N4O8. The minimum Gasteiger partial charge on any atom is -0.427 e. The summed E-state index contributed by atoms with van der Waals surface area (Å²) in [5, 5.41) is 0.358. The smallest absolute Gasteiger partial charge is 0.308 e. The van der Waals surface area contributed by atoms with Crippen LogP contribution in [0.15, 0.2) is 60.7 Å². The third-order valence-electron chi connectivity index (χ3n) is 8.73. The lowest BCUT2D eigenvalue weighted by molar-refractivity contribution is -0.132. The van der Waals surface area contributed by atoms with Crippen molar-refractivity contribution in [3.05, 3.63) is 105 Å². The van der Waals surface area contributed by atoms with Gasteiger partial charge in [-0.15, -0.1) is 0 Å². The summed E-state index contributed by atoms with van der Waals surface area (Å²) in [5.41, 5.74) is 1.95. The molecule has 2 aliphatic heterocycles. The van der Waals surface area contributed by atoms with E-state index in [1.54, 1.807) is 48.5 Å². The highest BCUT2D eigenvalue weighted by atomic mass is 16.5. The van der Waals surface area contributed by atoms with E-state index < -0.39 is 35.6 Å². The Kier molecular flexibility index (Phi) is 10.4. The molecule has 0 bridgehead atoms. The number of likely N-dealkylation sites (N-methyl/N-ethyl adjacent to an activating group) is 2. The van der Waals surface area contributed by atoms with E-state index >= 15 is 0 Å². The van der Waals surface area contributed by atoms with Crippen molar-refractivity contribution < 1.29 is 38.2 Å². The molecule has 2 aliphatic rings. The Hall–Kier alpha value is -6.60. The number of amides is 4. The number of imide groups is 2. The van der Waals surface area contributed by atoms with E-state index in [0.29, 0.717) is 35.7 Å². The molecule has 12 nitrogen and oxygen atoms in total. The molecule has 0 spiro atoms. The summed E-state index contributed by atoms with van der Waals surface area (Å²) < 4.78 is 10.2. The molecule has 272 valence electrons. The van der Waals surface area contributed by atoms with Crippen molar-refractivity contribution in [2.75, 3.05) is 54.4 Å². The van der Waals surface area contributed by atoms with Crippen LogP contribution in [0.25, 0.3) is 10.8 Å². The number of rotatable bonds is 8. The molecule has 54 heavy (non-hydrogen) atoms. The monoisotopic (exact) mass is 724 g/mol. The SMILES string of the molecule is CC(=O)Oc1ccc(C#Cc2cc3c4c(c(C#Cc5ccc(OC(C)=O)cc5)cc5c4c2C(=O)N(CCN(C)C)C5=O)C(=O)N(CCN(C)C)C3=O)cc1. The maximum absolute atomic E-state index is 14.4. The van der Waals surface area contributed by atoms with Crippen LogP contribution in [0.2, 0.25) is 0 Å². The number of nitrogens with zero attached hydrogens (tertiary/aromatic N) is 4. The molecule has 0 N–H and O–H groups in total. The first-order valence-electron chi connectivity index (χ1n) is 17.0. The molecule has 4 aromatic rings. The normalized spacial score (nSPS) is 13.2. The molecule has 0 saturated heterocycles. The average molecular weight is 725 g/mol. The number of hydrogen-bond acceptors (Lipinski definition) is 10. The van der Waals surface area contributed by atoms with Gasteiger partial charge in [0.2, 0.25) is 0 Å². The van der Waals surface area contributed by atoms with Gasteiger partial charge < -0.3 is 19.3 Å². The minimum atomic E-state index is -0.594. The fraction of sp³-hybridized carbons (Fsp3) is 0.238. The van der Waals surface area contributed by atoms with E-state index in [0.717, 1.165) is 9.80 Å². The number of esters is 2. The van der Waals surface area contributed by atoms with Crippen molar-refractivity contribution in [1.82, 2.24) is 19.6 Å². The highest BCUT2D eigenvalue weighted by Gasteiger charge is 2.42. The molecule has 12 heteroatoms. The van der Waals surface area contributed by atoms with E-state index in [4.69, 9.17) is 9.47 Å². The zero-order valence-electron chi connectivity index (χ0n) is 30.7. The second kappa shape index (κ2) is 15.2. The standard InChI is InChI=1S/C42H36N4O8/c1-25(47)53-31-15-9-27(10-16-31)7-13-29-23-33-38-36(42(52)46(39(33)49)22-20-44(5)6)30(14-8-28-11-17-32(18-12-28)54-26(2)48)24-34-37(38)35(29)41(51)45(40(34)50)21-19-43(3)4/h9-12,15-18,23-24H,19-22H2,1-6H3. The summed E-state index contributed by atoms with van der Waals surface area (Å²) in [5.74, 6) is 9.61. The Bertz CT molecular complexity index is 2220. The van der Waals surface area contributed by atoms with Crippen LogP contribution in [0.4, 0.5) is 0 Å². The van der Waals surface area contributed by atoms with Crippen molar-refractivity contribution in [1.29, 1.82) is 0 Å². The molecule has 0 radical (unpaired) electrons. The third kappa shape index (κ3) is 7.48. The van der Waals surface area contributed by atoms with Gasteiger partial charge in [-0.05, 0) is 88.9 Å². The Morgan fingerprint density at radius 3 is 1.22 bits per heavy atom. The molecule has 2 heterocycles. The number of carbonyl (C=O) groups excluding carboxylic acids is 6. The highest BCUT2D eigenvalue weighted by molar-refractivity contribution is 6.34. The van der Waals surface area contributed by atoms with Crippen LogP contribution >= 0.6 is 0 Å². The van der Waals surface area contributed by atoms with Crippen molar-refractivity contribution in [2.24, 2.45) is 0 Å². The first kappa shape index (κ1) is 37.2. The summed E-state index contributed by atoms with van der Waals surface area (Å²) in [7, 11) is 7.31. The number of hydrogen-bond donors (Lipinski definition) is 0.